The Kier molecular flexibility index (Phi) is 5.78. The molecule has 0 saturated heterocycles. The number of ether oxygens (including phenoxy) is 1. The fourth-order valence-corrected chi connectivity index (χ4v) is 3.98. The molecular formula is C17H20BrClN2O5. The Morgan fingerprint density at radius 2 is 2.15 bits per heavy atom. The van der Waals surface area contributed by atoms with Gasteiger partial charge in [0.1, 0.15) is 18.0 Å². The van der Waals surface area contributed by atoms with E-state index in [9.17, 15) is 20.1 Å². The van der Waals surface area contributed by atoms with Crippen LogP contribution in [0.3, 0.4) is 0 Å². The Balaban J connectivity index is 1.95. The van der Waals surface area contributed by atoms with Crippen LogP contribution in [0.2, 0.25) is 5.02 Å². The van der Waals surface area contributed by atoms with E-state index in [4.69, 9.17) is 16.3 Å². The molecular weight excluding hydrogens is 428 g/mol. The highest BCUT2D eigenvalue weighted by molar-refractivity contribution is 9.10. The lowest BCUT2D eigenvalue weighted by Gasteiger charge is -2.42. The first kappa shape index (κ1) is 19.4. The largest absolute Gasteiger partial charge is 0.486 e. The normalized spacial score (nSPS) is 28.9. The number of nitrogens with one attached hydrogen (secondary N) is 2. The van der Waals surface area contributed by atoms with Gasteiger partial charge in [0.25, 0.3) is 0 Å². The van der Waals surface area contributed by atoms with Crippen LogP contribution in [-0.2, 0) is 4.79 Å². The summed E-state index contributed by atoms with van der Waals surface area (Å²) in [5.41, 5.74) is 0.777. The zero-order valence-corrected chi connectivity index (χ0v) is 16.3. The monoisotopic (exact) mass is 446 g/mol. The van der Waals surface area contributed by atoms with Crippen LogP contribution in [0.25, 0.3) is 10.9 Å². The number of rotatable bonds is 4. The first-order chi connectivity index (χ1) is 12.3. The standard InChI is InChI=1S/C17H20BrClN2O5/c1-7(23)21-15-11(4-8(6-22)16(24)17(15)25)26-12-5-20-10-3-2-9(18)14(19)13(10)12/h2-3,5,8,11,15-17,20,22,24-25H,4,6H2,1H3,(H,21,23)/t8-,11-,15+,16+,17-/m1/s1. The third kappa shape index (κ3) is 3.57. The van der Waals surface area contributed by atoms with Crippen LogP contribution in [0.4, 0.5) is 0 Å². The summed E-state index contributed by atoms with van der Waals surface area (Å²) in [5, 5.41) is 33.8. The number of hydrogen-bond acceptors (Lipinski definition) is 5. The molecule has 5 N–H and O–H groups in total. The fraction of sp³-hybridized carbons (Fsp3) is 0.471. The van der Waals surface area contributed by atoms with E-state index >= 15 is 0 Å². The van der Waals surface area contributed by atoms with Crippen LogP contribution in [0.15, 0.2) is 22.8 Å². The summed E-state index contributed by atoms with van der Waals surface area (Å²) >= 11 is 9.75. The van der Waals surface area contributed by atoms with Crippen LogP contribution in [0.5, 0.6) is 5.75 Å². The number of carbonyl (C=O) groups is 1. The van der Waals surface area contributed by atoms with Gasteiger partial charge in [0.2, 0.25) is 5.91 Å². The molecule has 0 unspecified atom stereocenters. The second-order valence-electron chi connectivity index (χ2n) is 6.48. The number of H-pyrrole nitrogens is 1. The van der Waals surface area contributed by atoms with Crippen LogP contribution in [0, 0.1) is 5.92 Å². The second kappa shape index (κ2) is 7.74. The van der Waals surface area contributed by atoms with Gasteiger partial charge in [-0.2, -0.15) is 0 Å². The van der Waals surface area contributed by atoms with Crippen molar-refractivity contribution in [3.8, 4) is 5.75 Å². The number of halogens is 2. The van der Waals surface area contributed by atoms with Crippen LogP contribution in [-0.4, -0.2) is 57.2 Å². The minimum absolute atomic E-state index is 0.262. The Labute approximate surface area is 163 Å². The first-order valence-electron chi connectivity index (χ1n) is 8.19. The average Bonchev–Trinajstić information content (AvgIpc) is 3.01. The second-order valence-corrected chi connectivity index (χ2v) is 7.71. The molecule has 1 aliphatic rings. The lowest BCUT2D eigenvalue weighted by molar-refractivity contribution is -0.131. The molecule has 1 aromatic carbocycles. The highest BCUT2D eigenvalue weighted by atomic mass is 79.9. The number of benzene rings is 1. The Morgan fingerprint density at radius 3 is 2.81 bits per heavy atom. The van der Waals surface area contributed by atoms with E-state index in [1.165, 1.54) is 6.92 Å². The first-order valence-corrected chi connectivity index (χ1v) is 9.36. The van der Waals surface area contributed by atoms with Gasteiger partial charge in [-0.1, -0.05) is 11.6 Å². The number of hydrogen-bond donors (Lipinski definition) is 5. The number of aliphatic hydroxyl groups excluding tert-OH is 3. The van der Waals surface area contributed by atoms with Gasteiger partial charge in [-0.15, -0.1) is 0 Å². The molecule has 0 aliphatic heterocycles. The molecule has 1 aliphatic carbocycles. The summed E-state index contributed by atoms with van der Waals surface area (Å²) in [5.74, 6) is -0.448. The molecule has 26 heavy (non-hydrogen) atoms. The van der Waals surface area contributed by atoms with Gasteiger partial charge in [-0.3, -0.25) is 4.79 Å². The zero-order valence-electron chi connectivity index (χ0n) is 13.9. The number of aromatic nitrogens is 1. The summed E-state index contributed by atoms with van der Waals surface area (Å²) in [6.07, 6.45) is -1.15. The summed E-state index contributed by atoms with van der Waals surface area (Å²) in [6, 6.07) is 2.84. The van der Waals surface area contributed by atoms with Gasteiger partial charge in [-0.25, -0.2) is 0 Å². The van der Waals surface area contributed by atoms with Crippen molar-refractivity contribution >= 4 is 44.3 Å². The van der Waals surface area contributed by atoms with Crippen molar-refractivity contribution < 1.29 is 24.9 Å². The maximum Gasteiger partial charge on any atom is 0.217 e. The van der Waals surface area contributed by atoms with E-state index < -0.39 is 30.3 Å². The van der Waals surface area contributed by atoms with Crippen LogP contribution in [0.1, 0.15) is 13.3 Å². The van der Waals surface area contributed by atoms with Crippen molar-refractivity contribution in [3.05, 3.63) is 27.8 Å². The van der Waals surface area contributed by atoms with Crippen molar-refractivity contribution in [2.24, 2.45) is 5.92 Å². The molecule has 1 heterocycles. The molecule has 7 nitrogen and oxygen atoms in total. The van der Waals surface area contributed by atoms with Crippen molar-refractivity contribution in [1.29, 1.82) is 0 Å². The summed E-state index contributed by atoms with van der Waals surface area (Å²) < 4.78 is 6.79. The molecule has 1 amide bonds. The maximum absolute atomic E-state index is 11.5. The molecule has 1 saturated carbocycles. The highest BCUT2D eigenvalue weighted by Crippen LogP contribution is 2.39. The molecule has 0 radical (unpaired) electrons. The average molecular weight is 448 g/mol. The van der Waals surface area contributed by atoms with Gasteiger partial charge in [0, 0.05) is 30.1 Å². The third-order valence-electron chi connectivity index (χ3n) is 4.72. The molecule has 142 valence electrons. The van der Waals surface area contributed by atoms with E-state index in [1.807, 2.05) is 12.1 Å². The molecule has 5 atom stereocenters. The molecule has 9 heteroatoms. The van der Waals surface area contributed by atoms with Crippen molar-refractivity contribution in [2.75, 3.05) is 6.61 Å². The number of carbonyl (C=O) groups excluding carboxylic acids is 1. The number of fused-ring (bicyclic) bond motifs is 1. The summed E-state index contributed by atoms with van der Waals surface area (Å²) in [7, 11) is 0. The maximum atomic E-state index is 11.5. The van der Waals surface area contributed by atoms with Crippen LogP contribution >= 0.6 is 27.5 Å². The quantitative estimate of drug-likeness (QED) is 0.488. The molecule has 1 aromatic heterocycles. The minimum Gasteiger partial charge on any atom is -0.486 e. The SMILES string of the molecule is CC(=O)N[C@@H]1[C@@H](O)[C@@H](O)[C@@H](CO)C[C@H]1Oc1c[nH]c2ccc(Br)c(Cl)c12. The molecule has 0 bridgehead atoms. The van der Waals surface area contributed by atoms with E-state index in [0.29, 0.717) is 20.6 Å². The zero-order chi connectivity index (χ0) is 19.0. The van der Waals surface area contributed by atoms with Gasteiger partial charge in [0.05, 0.1) is 28.1 Å². The highest BCUT2D eigenvalue weighted by Gasteiger charge is 2.45. The molecule has 1 fully saturated rings. The third-order valence-corrected chi connectivity index (χ3v) is 6.00. The number of aromatic amines is 1. The Bertz CT molecular complexity index is 814. The smallest absolute Gasteiger partial charge is 0.217 e. The molecule has 3 rings (SSSR count). The topological polar surface area (TPSA) is 115 Å². The lowest BCUT2D eigenvalue weighted by atomic mass is 9.79. The predicted molar refractivity (Wildman–Crippen MR) is 100 cm³/mol. The number of aliphatic hydroxyl groups is 3. The van der Waals surface area contributed by atoms with E-state index in [1.54, 1.807) is 6.20 Å². The van der Waals surface area contributed by atoms with E-state index in [2.05, 4.69) is 26.2 Å². The van der Waals surface area contributed by atoms with Crippen molar-refractivity contribution in [2.45, 2.75) is 37.7 Å². The van der Waals surface area contributed by atoms with E-state index in [0.717, 1.165) is 5.52 Å². The summed E-state index contributed by atoms with van der Waals surface area (Å²) in [4.78, 5) is 14.6. The molecule has 2 aromatic rings. The Hall–Kier alpha value is -1.32. The van der Waals surface area contributed by atoms with E-state index in [-0.39, 0.29) is 18.9 Å². The van der Waals surface area contributed by atoms with Gasteiger partial charge in [-0.05, 0) is 34.5 Å². The van der Waals surface area contributed by atoms with Gasteiger partial charge >= 0.3 is 0 Å². The Morgan fingerprint density at radius 1 is 1.42 bits per heavy atom. The van der Waals surface area contributed by atoms with Crippen molar-refractivity contribution in [3.63, 3.8) is 0 Å². The van der Waals surface area contributed by atoms with Crippen LogP contribution < -0.4 is 10.1 Å². The minimum atomic E-state index is -1.26. The lowest BCUT2D eigenvalue weighted by Crippen LogP contribution is -2.62. The molecule has 0 spiro atoms. The van der Waals surface area contributed by atoms with Gasteiger partial charge in [0.15, 0.2) is 0 Å². The van der Waals surface area contributed by atoms with Gasteiger partial charge < -0.3 is 30.4 Å². The summed E-state index contributed by atoms with van der Waals surface area (Å²) in [6.45, 7) is 1.03. The van der Waals surface area contributed by atoms with Crippen molar-refractivity contribution in [1.82, 2.24) is 10.3 Å². The fourth-order valence-electron chi connectivity index (χ4n) is 3.40. The predicted octanol–water partition coefficient (Wildman–Crippen LogP) is 1.57. The number of amides is 1.